The van der Waals surface area contributed by atoms with E-state index >= 15 is 0 Å². The van der Waals surface area contributed by atoms with Crippen molar-refractivity contribution in [2.75, 3.05) is 0 Å². The van der Waals surface area contributed by atoms with E-state index in [9.17, 15) is 0 Å². The summed E-state index contributed by atoms with van der Waals surface area (Å²) >= 11 is 2.08. The third-order valence-electron chi connectivity index (χ3n) is 4.56. The van der Waals surface area contributed by atoms with Crippen molar-refractivity contribution in [1.82, 2.24) is 0 Å². The van der Waals surface area contributed by atoms with Gasteiger partial charge in [0.15, 0.2) is 0 Å². The molecule has 0 heterocycles. The SMILES string of the molecule is CC(C)(C)C1=CC[C-]=C1.C[C](C)=[Ti+2].Cc1[c-]c2ccccc(-c3ccccc3)c-2c1.Cl.Cl. The zero-order valence-corrected chi connectivity index (χ0v) is 23.1. The Balaban J connectivity index is 0.000000547. The van der Waals surface area contributed by atoms with Gasteiger partial charge in [0, 0.05) is 0 Å². The van der Waals surface area contributed by atoms with Crippen LogP contribution < -0.4 is 0 Å². The molecule has 0 amide bonds. The molecule has 1 aromatic carbocycles. The molecule has 0 unspecified atom stereocenters. The molecule has 3 aliphatic rings. The van der Waals surface area contributed by atoms with Crippen LogP contribution in [-0.4, -0.2) is 3.81 Å². The van der Waals surface area contributed by atoms with Crippen molar-refractivity contribution in [2.45, 2.75) is 48.0 Å². The molecule has 0 radical (unpaired) electrons. The molecule has 4 rings (SSSR count). The fraction of sp³-hybridized carbons (Fsp3) is 0.276. The molecule has 0 atom stereocenters. The van der Waals surface area contributed by atoms with E-state index < -0.39 is 0 Å². The van der Waals surface area contributed by atoms with Gasteiger partial charge in [0.2, 0.25) is 0 Å². The van der Waals surface area contributed by atoms with Crippen molar-refractivity contribution in [1.29, 1.82) is 0 Å². The minimum absolute atomic E-state index is 0. The maximum absolute atomic E-state index is 3.39. The van der Waals surface area contributed by atoms with Crippen molar-refractivity contribution in [3.8, 4) is 22.3 Å². The number of rotatable bonds is 1. The van der Waals surface area contributed by atoms with Crippen molar-refractivity contribution in [2.24, 2.45) is 5.41 Å². The third-order valence-corrected chi connectivity index (χ3v) is 4.56. The number of hydrogen-bond acceptors (Lipinski definition) is 0. The first kappa shape index (κ1) is 30.6. The quantitative estimate of drug-likeness (QED) is 0.231. The Labute approximate surface area is 219 Å². The van der Waals surface area contributed by atoms with E-state index in [1.54, 1.807) is 0 Å². The Bertz CT molecular complexity index is 991. The van der Waals surface area contributed by atoms with Crippen LogP contribution in [0.4, 0.5) is 0 Å². The molecule has 0 N–H and O–H groups in total. The summed E-state index contributed by atoms with van der Waals surface area (Å²) < 4.78 is 1.42. The van der Waals surface area contributed by atoms with Gasteiger partial charge in [-0.15, -0.1) is 60.6 Å². The standard InChI is InChI=1S/C17H13.C9H13.C3H6.2ClH.Ti/c1-13-11-15-9-5-6-10-16(17(15)12-13)14-7-3-2-4-8-14;1-9(2,3)8-6-4-5-7-8;1-3-2;;;/h2-10,12H,1H3;6-7H,4H2,1-3H3;1-2H3;2*1H;/q2*-1;;;;+2. The van der Waals surface area contributed by atoms with Crippen LogP contribution in [0, 0.1) is 24.5 Å². The average molecular weight is 501 g/mol. The average Bonchev–Trinajstić information content (AvgIpc) is 3.29. The summed E-state index contributed by atoms with van der Waals surface area (Å²) in [5.41, 5.74) is 7.93. The largest absolute Gasteiger partial charge is 0.165 e. The van der Waals surface area contributed by atoms with Crippen LogP contribution in [0.25, 0.3) is 22.3 Å². The monoisotopic (exact) mass is 500 g/mol. The number of hydrogen-bond donors (Lipinski definition) is 0. The first-order valence-corrected chi connectivity index (χ1v) is 11.2. The molecule has 0 saturated carbocycles. The van der Waals surface area contributed by atoms with E-state index in [1.165, 1.54) is 37.2 Å². The van der Waals surface area contributed by atoms with Crippen molar-refractivity contribution in [3.63, 3.8) is 0 Å². The molecule has 0 bridgehead atoms. The molecule has 0 nitrogen and oxygen atoms in total. The van der Waals surface area contributed by atoms with E-state index in [0.29, 0.717) is 5.41 Å². The molecule has 0 saturated heterocycles. The maximum Gasteiger partial charge on any atom is -0.0279 e. The van der Waals surface area contributed by atoms with Gasteiger partial charge in [-0.25, -0.2) is 6.08 Å². The van der Waals surface area contributed by atoms with E-state index in [2.05, 4.69) is 140 Å². The predicted molar refractivity (Wildman–Crippen MR) is 143 cm³/mol. The Morgan fingerprint density at radius 1 is 0.875 bits per heavy atom. The van der Waals surface area contributed by atoms with Crippen LogP contribution in [0.3, 0.4) is 0 Å². The molecule has 168 valence electrons. The van der Waals surface area contributed by atoms with Gasteiger partial charge < -0.3 is 0 Å². The van der Waals surface area contributed by atoms with Crippen molar-refractivity contribution in [3.05, 3.63) is 96.1 Å². The summed E-state index contributed by atoms with van der Waals surface area (Å²) in [6, 6.07) is 24.6. The van der Waals surface area contributed by atoms with Crippen LogP contribution in [0.15, 0.2) is 78.4 Å². The molecular formula is C29H34Cl2Ti. The molecule has 0 aromatic heterocycles. The molecule has 3 heteroatoms. The molecule has 3 aliphatic carbocycles. The van der Waals surface area contributed by atoms with Gasteiger partial charge in [0.05, 0.1) is 0 Å². The smallest absolute Gasteiger partial charge is 0.0279 e. The minimum Gasteiger partial charge on any atom is -0.165 e. The summed E-state index contributed by atoms with van der Waals surface area (Å²) in [6.45, 7) is 12.9. The topological polar surface area (TPSA) is 0 Å². The number of benzene rings is 1. The van der Waals surface area contributed by atoms with E-state index in [-0.39, 0.29) is 24.8 Å². The zero-order valence-electron chi connectivity index (χ0n) is 20.0. The van der Waals surface area contributed by atoms with Crippen LogP contribution in [0.5, 0.6) is 0 Å². The second kappa shape index (κ2) is 14.7. The molecule has 0 aliphatic heterocycles. The number of fused-ring (bicyclic) bond motifs is 1. The van der Waals surface area contributed by atoms with E-state index in [0.717, 1.165) is 6.42 Å². The van der Waals surface area contributed by atoms with E-state index in [1.807, 2.05) is 6.07 Å². The van der Waals surface area contributed by atoms with Crippen LogP contribution in [0.1, 0.15) is 46.6 Å². The van der Waals surface area contributed by atoms with Crippen LogP contribution in [-0.2, 0) is 20.0 Å². The summed E-state index contributed by atoms with van der Waals surface area (Å²) in [4.78, 5) is 0. The van der Waals surface area contributed by atoms with Gasteiger partial charge in [-0.2, -0.15) is 23.3 Å². The number of halogens is 2. The molecule has 0 spiro atoms. The van der Waals surface area contributed by atoms with Gasteiger partial charge in [0.1, 0.15) is 0 Å². The summed E-state index contributed by atoms with van der Waals surface area (Å²) in [6.07, 6.45) is 8.50. The molecule has 32 heavy (non-hydrogen) atoms. The van der Waals surface area contributed by atoms with Crippen LogP contribution >= 0.6 is 24.8 Å². The first-order chi connectivity index (χ1) is 14.2. The number of aryl methyl sites for hydroxylation is 1. The first-order valence-electron chi connectivity index (χ1n) is 10.4. The van der Waals surface area contributed by atoms with Gasteiger partial charge in [-0.05, 0) is 5.56 Å². The van der Waals surface area contributed by atoms with Crippen molar-refractivity contribution >= 4 is 28.6 Å². The molecule has 1 aromatic rings. The predicted octanol–water partition coefficient (Wildman–Crippen LogP) is 8.88. The second-order valence-corrected chi connectivity index (χ2v) is 10.3. The third kappa shape index (κ3) is 10.0. The van der Waals surface area contributed by atoms with Gasteiger partial charge in [-0.1, -0.05) is 81.1 Å². The van der Waals surface area contributed by atoms with Gasteiger partial charge in [-0.3, -0.25) is 6.08 Å². The fourth-order valence-electron chi connectivity index (χ4n) is 3.15. The van der Waals surface area contributed by atoms with Gasteiger partial charge in [0.25, 0.3) is 0 Å². The molecular weight excluding hydrogens is 467 g/mol. The van der Waals surface area contributed by atoms with Crippen molar-refractivity contribution < 1.29 is 20.0 Å². The normalized spacial score (nSPS) is 11.7. The van der Waals surface area contributed by atoms with E-state index in [4.69, 9.17) is 0 Å². The Morgan fingerprint density at radius 3 is 1.94 bits per heavy atom. The maximum atomic E-state index is 3.39. The fourth-order valence-corrected chi connectivity index (χ4v) is 3.15. The minimum atomic E-state index is 0. The number of allylic oxidation sites excluding steroid dienone is 4. The summed E-state index contributed by atoms with van der Waals surface area (Å²) in [7, 11) is 0. The Kier molecular flexibility index (Phi) is 14.0. The summed E-state index contributed by atoms with van der Waals surface area (Å²) in [5.74, 6) is 0. The Hall–Kier alpha value is -1.44. The van der Waals surface area contributed by atoms with Crippen LogP contribution in [0.2, 0.25) is 0 Å². The zero-order chi connectivity index (χ0) is 22.1. The molecule has 0 fully saturated rings. The summed E-state index contributed by atoms with van der Waals surface area (Å²) in [5, 5.41) is 0. The Morgan fingerprint density at radius 2 is 1.44 bits per heavy atom. The van der Waals surface area contributed by atoms with Gasteiger partial charge >= 0.3 is 37.6 Å². The second-order valence-electron chi connectivity index (χ2n) is 8.74.